The molecule has 2 rings (SSSR count). The van der Waals surface area contributed by atoms with E-state index in [4.69, 9.17) is 0 Å². The lowest BCUT2D eigenvalue weighted by atomic mass is 10.0. The summed E-state index contributed by atoms with van der Waals surface area (Å²) in [5.74, 6) is -0.316. The number of aryl methyl sites for hydroxylation is 1. The maximum absolute atomic E-state index is 13.1. The Morgan fingerprint density at radius 1 is 1.47 bits per heavy atom. The molecule has 0 saturated carbocycles. The van der Waals surface area contributed by atoms with Gasteiger partial charge in [-0.15, -0.1) is 0 Å². The second kappa shape index (κ2) is 5.14. The number of carbonyl (C=O) groups excluding carboxylic acids is 1. The minimum atomic E-state index is -0.616. The molecule has 1 aliphatic heterocycles. The van der Waals surface area contributed by atoms with Crippen LogP contribution >= 0.6 is 15.9 Å². The fraction of sp³-hybridized carbons (Fsp3) is 0.417. The fourth-order valence-electron chi connectivity index (χ4n) is 1.99. The number of anilines is 1. The summed E-state index contributed by atoms with van der Waals surface area (Å²) >= 11 is 3.17. The number of rotatable bonds is 3. The van der Waals surface area contributed by atoms with Crippen molar-refractivity contribution in [1.29, 1.82) is 0 Å². The Labute approximate surface area is 107 Å². The summed E-state index contributed by atoms with van der Waals surface area (Å²) in [5.41, 5.74) is 1.54. The van der Waals surface area contributed by atoms with Gasteiger partial charge in [-0.3, -0.25) is 4.79 Å². The molecule has 1 N–H and O–H groups in total. The van der Waals surface area contributed by atoms with Gasteiger partial charge in [-0.05, 0) is 30.2 Å². The Hall–Kier alpha value is -0.940. The molecule has 1 atom stereocenters. The molecule has 0 aromatic heterocycles. The van der Waals surface area contributed by atoms with Crippen molar-refractivity contribution in [1.82, 2.24) is 0 Å². The Morgan fingerprint density at radius 2 is 2.24 bits per heavy atom. The topological polar surface area (TPSA) is 40.5 Å². The van der Waals surface area contributed by atoms with Gasteiger partial charge in [0.2, 0.25) is 5.91 Å². The molecule has 3 nitrogen and oxygen atoms in total. The van der Waals surface area contributed by atoms with E-state index in [9.17, 15) is 14.3 Å². The number of β-amino-alcohol motifs (C(OH)–C–C–N with tert-alkyl or cyclic N) is 1. The van der Waals surface area contributed by atoms with Gasteiger partial charge >= 0.3 is 0 Å². The van der Waals surface area contributed by atoms with Crippen LogP contribution in [0.15, 0.2) is 18.2 Å². The molecule has 17 heavy (non-hydrogen) atoms. The van der Waals surface area contributed by atoms with Gasteiger partial charge in [0.15, 0.2) is 0 Å². The number of nitrogens with zero attached hydrogens (tertiary/aromatic N) is 1. The molecular formula is C12H13BrFNO2. The standard InChI is InChI=1S/C12H13BrFNO2/c13-6-10(16)7-15-11-3-2-9(14)5-8(11)1-4-12(15)17/h2-3,5,10,16H,1,4,6-7H2. The highest BCUT2D eigenvalue weighted by Crippen LogP contribution is 2.28. The second-order valence-corrected chi connectivity index (χ2v) is 4.73. The van der Waals surface area contributed by atoms with Crippen LogP contribution in [0.25, 0.3) is 0 Å². The van der Waals surface area contributed by atoms with E-state index >= 15 is 0 Å². The number of aliphatic hydroxyl groups excluding tert-OH is 1. The van der Waals surface area contributed by atoms with Crippen LogP contribution in [0.4, 0.5) is 10.1 Å². The Balaban J connectivity index is 2.30. The first-order chi connectivity index (χ1) is 8.11. The summed E-state index contributed by atoms with van der Waals surface area (Å²) in [6.07, 6.45) is 0.313. The molecule has 1 heterocycles. The van der Waals surface area contributed by atoms with Gasteiger partial charge < -0.3 is 10.0 Å². The number of benzene rings is 1. The van der Waals surface area contributed by atoms with Gasteiger partial charge in [-0.2, -0.15) is 0 Å². The Bertz CT molecular complexity index is 439. The van der Waals surface area contributed by atoms with E-state index < -0.39 is 6.10 Å². The van der Waals surface area contributed by atoms with Crippen LogP contribution in [0.5, 0.6) is 0 Å². The van der Waals surface area contributed by atoms with Gasteiger partial charge in [0.1, 0.15) is 5.82 Å². The quantitative estimate of drug-likeness (QED) is 0.866. The Kier molecular flexibility index (Phi) is 3.79. The highest BCUT2D eigenvalue weighted by atomic mass is 79.9. The zero-order chi connectivity index (χ0) is 12.4. The van der Waals surface area contributed by atoms with E-state index in [1.165, 1.54) is 17.0 Å². The molecule has 1 aliphatic rings. The first kappa shape index (κ1) is 12.5. The summed E-state index contributed by atoms with van der Waals surface area (Å²) in [6.45, 7) is 0.239. The molecule has 92 valence electrons. The van der Waals surface area contributed by atoms with E-state index in [2.05, 4.69) is 15.9 Å². The molecule has 0 aliphatic carbocycles. The number of hydrogen-bond donors (Lipinski definition) is 1. The largest absolute Gasteiger partial charge is 0.390 e. The molecular weight excluding hydrogens is 289 g/mol. The predicted molar refractivity (Wildman–Crippen MR) is 66.9 cm³/mol. The van der Waals surface area contributed by atoms with Crippen LogP contribution in [-0.2, 0) is 11.2 Å². The summed E-state index contributed by atoms with van der Waals surface area (Å²) in [4.78, 5) is 13.3. The van der Waals surface area contributed by atoms with Crippen LogP contribution < -0.4 is 4.90 Å². The molecule has 1 aromatic carbocycles. The first-order valence-electron chi connectivity index (χ1n) is 5.44. The van der Waals surface area contributed by atoms with E-state index in [-0.39, 0.29) is 18.3 Å². The summed E-state index contributed by atoms with van der Waals surface area (Å²) in [5, 5.41) is 10.0. The number of fused-ring (bicyclic) bond motifs is 1. The number of hydrogen-bond acceptors (Lipinski definition) is 2. The summed E-state index contributed by atoms with van der Waals surface area (Å²) in [7, 11) is 0. The second-order valence-electron chi connectivity index (χ2n) is 4.09. The lowest BCUT2D eigenvalue weighted by Crippen LogP contribution is -2.41. The van der Waals surface area contributed by atoms with Crippen LogP contribution in [0.2, 0.25) is 0 Å². The third-order valence-corrected chi connectivity index (χ3v) is 3.56. The van der Waals surface area contributed by atoms with E-state index in [1.54, 1.807) is 6.07 Å². The fourth-order valence-corrected chi connectivity index (χ4v) is 2.19. The Morgan fingerprint density at radius 3 is 2.94 bits per heavy atom. The van der Waals surface area contributed by atoms with Gasteiger partial charge in [0.05, 0.1) is 12.6 Å². The molecule has 0 radical (unpaired) electrons. The SMILES string of the molecule is O=C1CCc2cc(F)ccc2N1CC(O)CBr. The third kappa shape index (κ3) is 2.66. The smallest absolute Gasteiger partial charge is 0.227 e. The minimum Gasteiger partial charge on any atom is -0.390 e. The maximum Gasteiger partial charge on any atom is 0.227 e. The highest BCUT2D eigenvalue weighted by molar-refractivity contribution is 9.09. The molecule has 1 unspecified atom stereocenters. The van der Waals surface area contributed by atoms with Crippen molar-refractivity contribution in [2.45, 2.75) is 18.9 Å². The zero-order valence-electron chi connectivity index (χ0n) is 9.20. The van der Waals surface area contributed by atoms with E-state index in [0.717, 1.165) is 5.56 Å². The third-order valence-electron chi connectivity index (χ3n) is 2.81. The van der Waals surface area contributed by atoms with Crippen molar-refractivity contribution in [3.05, 3.63) is 29.6 Å². The van der Waals surface area contributed by atoms with Gasteiger partial charge in [0, 0.05) is 17.4 Å². The first-order valence-corrected chi connectivity index (χ1v) is 6.57. The van der Waals surface area contributed by atoms with Crippen LogP contribution in [0.1, 0.15) is 12.0 Å². The van der Waals surface area contributed by atoms with Crippen molar-refractivity contribution in [3.63, 3.8) is 0 Å². The molecule has 5 heteroatoms. The summed E-state index contributed by atoms with van der Waals surface area (Å²) in [6, 6.07) is 4.39. The van der Waals surface area contributed by atoms with Crippen LogP contribution in [0.3, 0.4) is 0 Å². The number of alkyl halides is 1. The monoisotopic (exact) mass is 301 g/mol. The van der Waals surface area contributed by atoms with Crippen molar-refractivity contribution < 1.29 is 14.3 Å². The molecule has 0 saturated heterocycles. The number of amides is 1. The number of halogens is 2. The molecule has 0 bridgehead atoms. The van der Waals surface area contributed by atoms with Crippen LogP contribution in [-0.4, -0.2) is 29.0 Å². The molecule has 0 fully saturated rings. The van der Waals surface area contributed by atoms with Crippen molar-refractivity contribution in [3.8, 4) is 0 Å². The number of carbonyl (C=O) groups is 1. The number of aliphatic hydroxyl groups is 1. The molecule has 1 amide bonds. The summed E-state index contributed by atoms with van der Waals surface area (Å²) < 4.78 is 13.1. The maximum atomic E-state index is 13.1. The lowest BCUT2D eigenvalue weighted by Gasteiger charge is -2.30. The highest BCUT2D eigenvalue weighted by Gasteiger charge is 2.25. The van der Waals surface area contributed by atoms with Gasteiger partial charge in [-0.25, -0.2) is 4.39 Å². The van der Waals surface area contributed by atoms with Crippen molar-refractivity contribution >= 4 is 27.5 Å². The van der Waals surface area contributed by atoms with E-state index in [0.29, 0.717) is 23.9 Å². The van der Waals surface area contributed by atoms with Crippen molar-refractivity contribution in [2.75, 3.05) is 16.8 Å². The van der Waals surface area contributed by atoms with Gasteiger partial charge in [-0.1, -0.05) is 15.9 Å². The normalized spacial score (nSPS) is 16.9. The van der Waals surface area contributed by atoms with Gasteiger partial charge in [0.25, 0.3) is 0 Å². The molecule has 1 aromatic rings. The van der Waals surface area contributed by atoms with Crippen molar-refractivity contribution in [2.24, 2.45) is 0 Å². The lowest BCUT2D eigenvalue weighted by molar-refractivity contribution is -0.119. The van der Waals surface area contributed by atoms with E-state index in [1.807, 2.05) is 0 Å². The predicted octanol–water partition coefficient (Wildman–Crippen LogP) is 1.86. The minimum absolute atomic E-state index is 0.0240. The zero-order valence-corrected chi connectivity index (χ0v) is 10.8. The van der Waals surface area contributed by atoms with Crippen LogP contribution in [0, 0.1) is 5.82 Å². The molecule has 0 spiro atoms. The average Bonchev–Trinajstić information content (AvgIpc) is 2.32. The average molecular weight is 302 g/mol.